The second-order valence-electron chi connectivity index (χ2n) is 7.51. The molecule has 0 saturated heterocycles. The van der Waals surface area contributed by atoms with E-state index in [0.717, 1.165) is 0 Å². The van der Waals surface area contributed by atoms with Crippen molar-refractivity contribution in [3.8, 4) is 0 Å². The summed E-state index contributed by atoms with van der Waals surface area (Å²) in [5.74, 6) is -0.500. The van der Waals surface area contributed by atoms with E-state index in [0.29, 0.717) is 5.69 Å². The molecule has 0 aliphatic rings. The quantitative estimate of drug-likeness (QED) is 0.466. The summed E-state index contributed by atoms with van der Waals surface area (Å²) in [5.41, 5.74) is -0.344. The summed E-state index contributed by atoms with van der Waals surface area (Å²) in [5, 5.41) is 16.5. The maximum Gasteiger partial charge on any atom is 0.292 e. The van der Waals surface area contributed by atoms with Gasteiger partial charge in [0.25, 0.3) is 5.69 Å². The highest BCUT2D eigenvalue weighted by Gasteiger charge is 2.23. The summed E-state index contributed by atoms with van der Waals surface area (Å²) in [6, 6.07) is 11.1. The van der Waals surface area contributed by atoms with E-state index in [9.17, 15) is 23.3 Å². The average molecular weight is 420 g/mol. The lowest BCUT2D eigenvalue weighted by Gasteiger charge is -2.21. The molecule has 156 valence electrons. The van der Waals surface area contributed by atoms with Crippen molar-refractivity contribution in [2.75, 3.05) is 10.6 Å². The Balaban J connectivity index is 2.14. The molecule has 0 unspecified atom stereocenters. The summed E-state index contributed by atoms with van der Waals surface area (Å²) in [7, 11) is -3.73. The highest BCUT2D eigenvalue weighted by Crippen LogP contribution is 2.24. The van der Waals surface area contributed by atoms with Gasteiger partial charge in [0.2, 0.25) is 15.9 Å². The minimum absolute atomic E-state index is 0.0590. The largest absolute Gasteiger partial charge is 0.374 e. The van der Waals surface area contributed by atoms with E-state index in [1.54, 1.807) is 45.9 Å². The predicted octanol–water partition coefficient (Wildman–Crippen LogP) is 3.11. The van der Waals surface area contributed by atoms with E-state index in [2.05, 4.69) is 15.4 Å². The molecule has 0 spiro atoms. The first-order valence-corrected chi connectivity index (χ1v) is 10.3. The summed E-state index contributed by atoms with van der Waals surface area (Å²) < 4.78 is 27.5. The number of carbonyl (C=O) groups is 1. The van der Waals surface area contributed by atoms with Crippen LogP contribution in [0.5, 0.6) is 0 Å². The zero-order chi connectivity index (χ0) is 21.8. The molecule has 0 heterocycles. The van der Waals surface area contributed by atoms with Crippen LogP contribution in [0, 0.1) is 10.1 Å². The first-order chi connectivity index (χ1) is 13.4. The molecule has 0 radical (unpaired) electrons. The second kappa shape index (κ2) is 8.58. The Kier molecular flexibility index (Phi) is 6.60. The third-order valence-electron chi connectivity index (χ3n) is 3.72. The summed E-state index contributed by atoms with van der Waals surface area (Å²) >= 11 is 0. The van der Waals surface area contributed by atoms with Crippen LogP contribution in [0.25, 0.3) is 0 Å². The van der Waals surface area contributed by atoms with Gasteiger partial charge in [-0.3, -0.25) is 14.9 Å². The lowest BCUT2D eigenvalue weighted by Crippen LogP contribution is -2.40. The maximum atomic E-state index is 12.5. The van der Waals surface area contributed by atoms with E-state index < -0.39 is 32.4 Å². The highest BCUT2D eigenvalue weighted by molar-refractivity contribution is 7.89. The van der Waals surface area contributed by atoms with Crippen molar-refractivity contribution in [1.29, 1.82) is 0 Å². The number of anilines is 2. The van der Waals surface area contributed by atoms with Gasteiger partial charge >= 0.3 is 0 Å². The Bertz CT molecular complexity index is 1020. The average Bonchev–Trinajstić information content (AvgIpc) is 2.60. The van der Waals surface area contributed by atoms with Crippen molar-refractivity contribution >= 4 is 33.0 Å². The minimum atomic E-state index is -3.73. The van der Waals surface area contributed by atoms with Crippen molar-refractivity contribution < 1.29 is 18.1 Å². The molecule has 1 atom stereocenters. The van der Waals surface area contributed by atoms with Gasteiger partial charge < -0.3 is 10.6 Å². The molecule has 2 aromatic rings. The zero-order valence-electron chi connectivity index (χ0n) is 16.6. The molecule has 9 nitrogen and oxygen atoms in total. The molecule has 2 rings (SSSR count). The monoisotopic (exact) mass is 420 g/mol. The van der Waals surface area contributed by atoms with Gasteiger partial charge in [0, 0.05) is 17.3 Å². The SMILES string of the molecule is C[C@H](Nc1cccc(S(=O)(=O)NC(C)(C)C)c1)C(=O)Nc1ccccc1[N+](=O)[O-]. The Morgan fingerprint density at radius 3 is 2.38 bits per heavy atom. The van der Waals surface area contributed by atoms with Crippen LogP contribution in [0.1, 0.15) is 27.7 Å². The normalized spacial score (nSPS) is 12.8. The van der Waals surface area contributed by atoms with Crippen LogP contribution in [0.15, 0.2) is 53.4 Å². The third-order valence-corrected chi connectivity index (χ3v) is 5.48. The number of amides is 1. The van der Waals surface area contributed by atoms with Crippen molar-refractivity contribution in [2.45, 2.75) is 44.2 Å². The van der Waals surface area contributed by atoms with Gasteiger partial charge in [0.15, 0.2) is 0 Å². The molecule has 3 N–H and O–H groups in total. The summed E-state index contributed by atoms with van der Waals surface area (Å²) in [6.45, 7) is 6.78. The fourth-order valence-corrected chi connectivity index (χ4v) is 3.97. The number of nitrogens with one attached hydrogen (secondary N) is 3. The number of para-hydroxylation sites is 2. The zero-order valence-corrected chi connectivity index (χ0v) is 17.4. The van der Waals surface area contributed by atoms with Crippen LogP contribution in [-0.4, -0.2) is 30.8 Å². The van der Waals surface area contributed by atoms with Crippen molar-refractivity contribution in [2.24, 2.45) is 0 Å². The fourth-order valence-electron chi connectivity index (χ4n) is 2.51. The third kappa shape index (κ3) is 6.26. The van der Waals surface area contributed by atoms with Crippen LogP contribution in [0.4, 0.5) is 17.1 Å². The van der Waals surface area contributed by atoms with Crippen LogP contribution in [0.2, 0.25) is 0 Å². The smallest absolute Gasteiger partial charge is 0.292 e. The molecule has 1 amide bonds. The predicted molar refractivity (Wildman–Crippen MR) is 111 cm³/mol. The van der Waals surface area contributed by atoms with Crippen molar-refractivity contribution in [3.05, 3.63) is 58.6 Å². The van der Waals surface area contributed by atoms with Crippen LogP contribution < -0.4 is 15.4 Å². The molecule has 0 aliphatic heterocycles. The Hall–Kier alpha value is -2.98. The van der Waals surface area contributed by atoms with Crippen LogP contribution >= 0.6 is 0 Å². The highest BCUT2D eigenvalue weighted by atomic mass is 32.2. The lowest BCUT2D eigenvalue weighted by atomic mass is 10.1. The fraction of sp³-hybridized carbons (Fsp3) is 0.316. The number of carbonyl (C=O) groups excluding carboxylic acids is 1. The second-order valence-corrected chi connectivity index (χ2v) is 9.20. The maximum absolute atomic E-state index is 12.5. The van der Waals surface area contributed by atoms with Gasteiger partial charge in [-0.2, -0.15) is 0 Å². The number of sulfonamides is 1. The molecule has 29 heavy (non-hydrogen) atoms. The van der Waals surface area contributed by atoms with Crippen molar-refractivity contribution in [3.63, 3.8) is 0 Å². The number of nitro benzene ring substituents is 1. The number of benzene rings is 2. The topological polar surface area (TPSA) is 130 Å². The van der Waals surface area contributed by atoms with Gasteiger partial charge in [0.1, 0.15) is 11.7 Å². The Labute approximate surface area is 169 Å². The number of hydrogen-bond donors (Lipinski definition) is 3. The first-order valence-electron chi connectivity index (χ1n) is 8.84. The van der Waals surface area contributed by atoms with E-state index in [1.807, 2.05) is 0 Å². The molecular formula is C19H24N4O5S. The van der Waals surface area contributed by atoms with Gasteiger partial charge in [-0.25, -0.2) is 13.1 Å². The lowest BCUT2D eigenvalue weighted by molar-refractivity contribution is -0.383. The van der Waals surface area contributed by atoms with Gasteiger partial charge in [-0.15, -0.1) is 0 Å². The number of nitro groups is 1. The van der Waals surface area contributed by atoms with Crippen molar-refractivity contribution in [1.82, 2.24) is 4.72 Å². The van der Waals surface area contributed by atoms with E-state index in [1.165, 1.54) is 30.3 Å². The number of hydrogen-bond acceptors (Lipinski definition) is 6. The van der Waals surface area contributed by atoms with Gasteiger partial charge in [0.05, 0.1) is 9.82 Å². The molecule has 0 bridgehead atoms. The van der Waals surface area contributed by atoms with Gasteiger partial charge in [-0.1, -0.05) is 18.2 Å². The Morgan fingerprint density at radius 1 is 1.10 bits per heavy atom. The van der Waals surface area contributed by atoms with Crippen LogP contribution in [-0.2, 0) is 14.8 Å². The molecule has 0 aliphatic carbocycles. The molecule has 0 fully saturated rings. The van der Waals surface area contributed by atoms with Crippen LogP contribution in [0.3, 0.4) is 0 Å². The van der Waals surface area contributed by atoms with Gasteiger partial charge in [-0.05, 0) is 52.0 Å². The molecule has 0 saturated carbocycles. The first kappa shape index (κ1) is 22.3. The number of nitrogens with zero attached hydrogens (tertiary/aromatic N) is 1. The molecule has 0 aromatic heterocycles. The summed E-state index contributed by atoms with van der Waals surface area (Å²) in [4.78, 5) is 23.0. The van der Waals surface area contributed by atoms with E-state index >= 15 is 0 Å². The molecule has 10 heteroatoms. The minimum Gasteiger partial charge on any atom is -0.374 e. The standard InChI is InChI=1S/C19H24N4O5S/c1-13(18(24)21-16-10-5-6-11-17(16)23(25)26)20-14-8-7-9-15(12-14)29(27,28)22-19(2,3)4/h5-13,20,22H,1-4H3,(H,21,24)/t13-/m0/s1. The molecule has 2 aromatic carbocycles. The molecular weight excluding hydrogens is 396 g/mol. The Morgan fingerprint density at radius 2 is 1.76 bits per heavy atom. The van der Waals surface area contributed by atoms with E-state index in [4.69, 9.17) is 0 Å². The summed E-state index contributed by atoms with van der Waals surface area (Å²) in [6.07, 6.45) is 0. The number of rotatable bonds is 7. The van der Waals surface area contributed by atoms with E-state index in [-0.39, 0.29) is 16.3 Å².